The van der Waals surface area contributed by atoms with Crippen LogP contribution in [0, 0.1) is 5.92 Å². The van der Waals surface area contributed by atoms with E-state index in [9.17, 15) is 0 Å². The molecule has 3 N–H and O–H groups in total. The zero-order chi connectivity index (χ0) is 11.7. The molecule has 0 aliphatic carbocycles. The average molecular weight is 230 g/mol. The highest BCUT2D eigenvalue weighted by atomic mass is 15.1. The van der Waals surface area contributed by atoms with Crippen molar-refractivity contribution < 1.29 is 0 Å². The van der Waals surface area contributed by atoms with Crippen LogP contribution in [-0.2, 0) is 6.42 Å². The molecule has 0 bridgehead atoms. The van der Waals surface area contributed by atoms with E-state index in [1.165, 1.54) is 12.8 Å². The summed E-state index contributed by atoms with van der Waals surface area (Å²) in [7, 11) is 0. The summed E-state index contributed by atoms with van der Waals surface area (Å²) in [6.07, 6.45) is 5.47. The van der Waals surface area contributed by atoms with Crippen molar-refractivity contribution in [1.82, 2.24) is 14.7 Å². The van der Waals surface area contributed by atoms with Crippen LogP contribution in [0.1, 0.15) is 18.7 Å². The van der Waals surface area contributed by atoms with Crippen LogP contribution in [-0.4, -0.2) is 22.5 Å². The normalized spacial score (nSPS) is 20.8. The summed E-state index contributed by atoms with van der Waals surface area (Å²) in [5.41, 5.74) is 7.10. The Balaban J connectivity index is 1.89. The topological polar surface area (TPSA) is 55.3 Å². The van der Waals surface area contributed by atoms with Gasteiger partial charge < -0.3 is 11.1 Å². The van der Waals surface area contributed by atoms with Gasteiger partial charge in [-0.2, -0.15) is 0 Å². The Morgan fingerprint density at radius 2 is 2.41 bits per heavy atom. The van der Waals surface area contributed by atoms with Crippen LogP contribution in [0.3, 0.4) is 0 Å². The SMILES string of the molecule is Nc1cccc2cnc(CC3CCCNC3)n12. The number of nitrogens with two attached hydrogens (primary N) is 1. The second kappa shape index (κ2) is 4.37. The molecular weight excluding hydrogens is 212 g/mol. The molecule has 1 aliphatic heterocycles. The second-order valence-corrected chi connectivity index (χ2v) is 4.80. The lowest BCUT2D eigenvalue weighted by Gasteiger charge is -2.22. The number of nitrogen functional groups attached to an aromatic ring is 1. The molecule has 0 saturated carbocycles. The van der Waals surface area contributed by atoms with Crippen molar-refractivity contribution in [2.24, 2.45) is 5.92 Å². The van der Waals surface area contributed by atoms with Gasteiger partial charge in [0.1, 0.15) is 11.6 Å². The van der Waals surface area contributed by atoms with Crippen LogP contribution < -0.4 is 11.1 Å². The highest BCUT2D eigenvalue weighted by molar-refractivity contribution is 5.53. The first-order chi connectivity index (χ1) is 8.34. The van der Waals surface area contributed by atoms with Gasteiger partial charge in [-0.05, 0) is 44.0 Å². The van der Waals surface area contributed by atoms with E-state index in [2.05, 4.69) is 14.7 Å². The van der Waals surface area contributed by atoms with Crippen LogP contribution in [0.4, 0.5) is 5.82 Å². The second-order valence-electron chi connectivity index (χ2n) is 4.80. The average Bonchev–Trinajstić information content (AvgIpc) is 2.75. The summed E-state index contributed by atoms with van der Waals surface area (Å²) in [6, 6.07) is 5.95. The highest BCUT2D eigenvalue weighted by Gasteiger charge is 2.16. The predicted molar refractivity (Wildman–Crippen MR) is 68.9 cm³/mol. The van der Waals surface area contributed by atoms with Crippen LogP contribution in [0.5, 0.6) is 0 Å². The molecule has 2 aromatic heterocycles. The lowest BCUT2D eigenvalue weighted by molar-refractivity contribution is 0.370. The zero-order valence-electron chi connectivity index (χ0n) is 9.89. The first-order valence-corrected chi connectivity index (χ1v) is 6.26. The summed E-state index contributed by atoms with van der Waals surface area (Å²) in [4.78, 5) is 4.51. The maximum atomic E-state index is 6.01. The van der Waals surface area contributed by atoms with Gasteiger partial charge in [0.2, 0.25) is 0 Å². The number of piperidine rings is 1. The molecule has 3 heterocycles. The maximum absolute atomic E-state index is 6.01. The molecule has 4 heteroatoms. The number of pyridine rings is 1. The van der Waals surface area contributed by atoms with Crippen molar-refractivity contribution in [2.75, 3.05) is 18.8 Å². The van der Waals surface area contributed by atoms with Gasteiger partial charge >= 0.3 is 0 Å². The van der Waals surface area contributed by atoms with Crippen molar-refractivity contribution in [3.63, 3.8) is 0 Å². The van der Waals surface area contributed by atoms with Gasteiger partial charge in [0.25, 0.3) is 0 Å². The van der Waals surface area contributed by atoms with Crippen molar-refractivity contribution in [2.45, 2.75) is 19.3 Å². The highest BCUT2D eigenvalue weighted by Crippen LogP contribution is 2.19. The summed E-state index contributed by atoms with van der Waals surface area (Å²) in [5, 5.41) is 3.44. The summed E-state index contributed by atoms with van der Waals surface area (Å²) in [5.74, 6) is 2.56. The fourth-order valence-corrected chi connectivity index (χ4v) is 2.64. The lowest BCUT2D eigenvalue weighted by Crippen LogP contribution is -2.31. The maximum Gasteiger partial charge on any atom is 0.115 e. The molecular formula is C13H18N4. The van der Waals surface area contributed by atoms with Crippen molar-refractivity contribution >= 4 is 11.3 Å². The number of hydrogen-bond acceptors (Lipinski definition) is 3. The van der Waals surface area contributed by atoms with Crippen molar-refractivity contribution in [3.05, 3.63) is 30.2 Å². The Bertz CT molecular complexity index is 511. The van der Waals surface area contributed by atoms with Crippen LogP contribution in [0.15, 0.2) is 24.4 Å². The van der Waals surface area contributed by atoms with Gasteiger partial charge in [-0.25, -0.2) is 4.98 Å². The molecule has 90 valence electrons. The molecule has 1 fully saturated rings. The first kappa shape index (κ1) is 10.6. The largest absolute Gasteiger partial charge is 0.385 e. The number of nitrogens with one attached hydrogen (secondary N) is 1. The minimum absolute atomic E-state index is 0.689. The standard InChI is InChI=1S/C13H18N4/c14-12-5-1-4-11-9-16-13(17(11)12)7-10-3-2-6-15-8-10/h1,4-5,9-10,15H,2-3,6-8,14H2. The molecule has 1 aliphatic rings. The molecule has 17 heavy (non-hydrogen) atoms. The summed E-state index contributed by atoms with van der Waals surface area (Å²) < 4.78 is 2.06. The number of nitrogens with zero attached hydrogens (tertiary/aromatic N) is 2. The molecule has 2 aromatic rings. The van der Waals surface area contributed by atoms with E-state index >= 15 is 0 Å². The summed E-state index contributed by atoms with van der Waals surface area (Å²) in [6.45, 7) is 2.25. The molecule has 1 atom stereocenters. The number of fused-ring (bicyclic) bond motifs is 1. The van der Waals surface area contributed by atoms with Crippen molar-refractivity contribution in [3.8, 4) is 0 Å². The Morgan fingerprint density at radius 1 is 1.47 bits per heavy atom. The van der Waals surface area contributed by atoms with Crippen molar-refractivity contribution in [1.29, 1.82) is 0 Å². The zero-order valence-corrected chi connectivity index (χ0v) is 9.89. The predicted octanol–water partition coefficient (Wildman–Crippen LogP) is 1.46. The minimum atomic E-state index is 0.689. The number of anilines is 1. The Hall–Kier alpha value is -1.55. The molecule has 0 aromatic carbocycles. The van der Waals surface area contributed by atoms with Gasteiger partial charge in [-0.15, -0.1) is 0 Å². The molecule has 0 amide bonds. The molecule has 1 saturated heterocycles. The van der Waals surface area contributed by atoms with Gasteiger partial charge in [-0.1, -0.05) is 6.07 Å². The fraction of sp³-hybridized carbons (Fsp3) is 0.462. The van der Waals surface area contributed by atoms with E-state index in [4.69, 9.17) is 5.73 Å². The third-order valence-electron chi connectivity index (χ3n) is 3.52. The third kappa shape index (κ3) is 2.00. The van der Waals surface area contributed by atoms with Gasteiger partial charge in [-0.3, -0.25) is 4.40 Å². The van der Waals surface area contributed by atoms with E-state index in [1.807, 2.05) is 24.4 Å². The van der Waals surface area contributed by atoms with E-state index in [0.717, 1.165) is 36.7 Å². The molecule has 0 spiro atoms. The quantitative estimate of drug-likeness (QED) is 0.821. The minimum Gasteiger partial charge on any atom is -0.385 e. The van der Waals surface area contributed by atoms with E-state index in [1.54, 1.807) is 0 Å². The Morgan fingerprint density at radius 3 is 3.24 bits per heavy atom. The summed E-state index contributed by atoms with van der Waals surface area (Å²) >= 11 is 0. The van der Waals surface area contributed by atoms with Crippen LogP contribution in [0.2, 0.25) is 0 Å². The van der Waals surface area contributed by atoms with Gasteiger partial charge in [0.15, 0.2) is 0 Å². The Labute approximate surface area is 101 Å². The smallest absolute Gasteiger partial charge is 0.115 e. The Kier molecular flexibility index (Phi) is 2.73. The van der Waals surface area contributed by atoms with E-state index in [-0.39, 0.29) is 0 Å². The number of rotatable bonds is 2. The number of hydrogen-bond donors (Lipinski definition) is 2. The fourth-order valence-electron chi connectivity index (χ4n) is 2.64. The van der Waals surface area contributed by atoms with Crippen LogP contribution >= 0.6 is 0 Å². The van der Waals surface area contributed by atoms with E-state index in [0.29, 0.717) is 5.92 Å². The molecule has 4 nitrogen and oxygen atoms in total. The molecule has 1 unspecified atom stereocenters. The molecule has 3 rings (SSSR count). The van der Waals surface area contributed by atoms with Crippen LogP contribution in [0.25, 0.3) is 5.52 Å². The van der Waals surface area contributed by atoms with Gasteiger partial charge in [0, 0.05) is 6.42 Å². The lowest BCUT2D eigenvalue weighted by atomic mass is 9.96. The monoisotopic (exact) mass is 230 g/mol. The van der Waals surface area contributed by atoms with E-state index < -0.39 is 0 Å². The molecule has 0 radical (unpaired) electrons. The third-order valence-corrected chi connectivity index (χ3v) is 3.52. The first-order valence-electron chi connectivity index (χ1n) is 6.26. The number of imidazole rings is 1. The van der Waals surface area contributed by atoms with Gasteiger partial charge in [0.05, 0.1) is 11.7 Å². The number of aromatic nitrogens is 2.